The Bertz CT molecular complexity index is 233. The molecule has 2 rings (SSSR count). The summed E-state index contributed by atoms with van der Waals surface area (Å²) < 4.78 is 0. The van der Waals surface area contributed by atoms with Crippen molar-refractivity contribution in [3.05, 3.63) is 0 Å². The van der Waals surface area contributed by atoms with Gasteiger partial charge in [0.25, 0.3) is 0 Å². The number of nitrogens with zero attached hydrogens (tertiary/aromatic N) is 1. The molecule has 1 heteroatoms. The molecule has 1 aliphatic carbocycles. The Hall–Kier alpha value is -0.480. The van der Waals surface area contributed by atoms with E-state index in [1.807, 2.05) is 0 Å². The molecule has 1 unspecified atom stereocenters. The zero-order valence-corrected chi connectivity index (χ0v) is 8.71. The van der Waals surface area contributed by atoms with Crippen LogP contribution in [-0.2, 0) is 0 Å². The first-order chi connectivity index (χ1) is 6.25. The Balaban J connectivity index is 1.81. The minimum absolute atomic E-state index is 0.528. The number of piperidine rings is 1. The number of hydrogen-bond donors (Lipinski definition) is 0. The third-order valence-electron chi connectivity index (χ3n) is 3.20. The SMILES string of the molecule is CC(C)C#CCN1CC2CC[C@@H]1C2. The normalized spacial score (nSPS) is 32.2. The standard InChI is InChI=1S/C12H19N/c1-10(2)4-3-7-13-9-11-5-6-12(13)8-11/h10-12H,5-9H2,1-2H3/t11?,12-/m1/s1. The van der Waals surface area contributed by atoms with Crippen molar-refractivity contribution >= 4 is 0 Å². The van der Waals surface area contributed by atoms with Gasteiger partial charge in [0.15, 0.2) is 0 Å². The Morgan fingerprint density at radius 3 is 2.77 bits per heavy atom. The first-order valence-corrected chi connectivity index (χ1v) is 5.48. The molecule has 0 amide bonds. The van der Waals surface area contributed by atoms with Gasteiger partial charge in [-0.25, -0.2) is 0 Å². The molecule has 2 fully saturated rings. The zero-order chi connectivity index (χ0) is 9.26. The molecular formula is C12H19N. The molecule has 0 radical (unpaired) electrons. The van der Waals surface area contributed by atoms with Crippen LogP contribution in [0.25, 0.3) is 0 Å². The second-order valence-electron chi connectivity index (χ2n) is 4.74. The molecule has 1 saturated carbocycles. The minimum Gasteiger partial charge on any atom is -0.289 e. The van der Waals surface area contributed by atoms with Crippen molar-refractivity contribution < 1.29 is 0 Å². The highest BCUT2D eigenvalue weighted by Crippen LogP contribution is 2.36. The monoisotopic (exact) mass is 177 g/mol. The highest BCUT2D eigenvalue weighted by molar-refractivity contribution is 5.06. The van der Waals surface area contributed by atoms with Crippen LogP contribution in [0.3, 0.4) is 0 Å². The van der Waals surface area contributed by atoms with E-state index in [4.69, 9.17) is 0 Å². The predicted molar refractivity (Wildman–Crippen MR) is 55.3 cm³/mol. The number of likely N-dealkylation sites (tertiary alicyclic amines) is 1. The van der Waals surface area contributed by atoms with Crippen LogP contribution in [0.2, 0.25) is 0 Å². The van der Waals surface area contributed by atoms with Crippen LogP contribution in [0, 0.1) is 23.7 Å². The molecule has 2 bridgehead atoms. The first-order valence-electron chi connectivity index (χ1n) is 5.48. The van der Waals surface area contributed by atoms with Gasteiger partial charge in [-0.05, 0) is 25.2 Å². The van der Waals surface area contributed by atoms with E-state index >= 15 is 0 Å². The molecule has 1 nitrogen and oxygen atoms in total. The van der Waals surface area contributed by atoms with Crippen LogP contribution in [0.1, 0.15) is 33.1 Å². The third kappa shape index (κ3) is 2.06. The summed E-state index contributed by atoms with van der Waals surface area (Å²) in [6.45, 7) is 6.64. The largest absolute Gasteiger partial charge is 0.289 e. The maximum atomic E-state index is 3.29. The summed E-state index contributed by atoms with van der Waals surface area (Å²) in [5.74, 6) is 8.06. The Morgan fingerprint density at radius 2 is 2.23 bits per heavy atom. The summed E-state index contributed by atoms with van der Waals surface area (Å²) in [4.78, 5) is 2.57. The average Bonchev–Trinajstić information content (AvgIpc) is 2.64. The van der Waals surface area contributed by atoms with Crippen molar-refractivity contribution in [1.82, 2.24) is 4.90 Å². The molecule has 0 N–H and O–H groups in total. The lowest BCUT2D eigenvalue weighted by Gasteiger charge is -2.24. The van der Waals surface area contributed by atoms with Crippen LogP contribution >= 0.6 is 0 Å². The lowest BCUT2D eigenvalue weighted by atomic mass is 10.1. The van der Waals surface area contributed by atoms with E-state index in [0.29, 0.717) is 5.92 Å². The van der Waals surface area contributed by atoms with E-state index in [1.165, 1.54) is 25.8 Å². The fourth-order valence-electron chi connectivity index (χ4n) is 2.57. The quantitative estimate of drug-likeness (QED) is 0.555. The van der Waals surface area contributed by atoms with Crippen LogP contribution in [0.4, 0.5) is 0 Å². The van der Waals surface area contributed by atoms with Crippen LogP contribution in [-0.4, -0.2) is 24.0 Å². The minimum atomic E-state index is 0.528. The van der Waals surface area contributed by atoms with Gasteiger partial charge in [0.05, 0.1) is 6.54 Å². The maximum absolute atomic E-state index is 3.29. The van der Waals surface area contributed by atoms with Crippen molar-refractivity contribution in [3.8, 4) is 11.8 Å². The van der Waals surface area contributed by atoms with Crippen molar-refractivity contribution in [2.45, 2.75) is 39.2 Å². The van der Waals surface area contributed by atoms with Crippen molar-refractivity contribution in [2.75, 3.05) is 13.1 Å². The lowest BCUT2D eigenvalue weighted by Crippen LogP contribution is -2.32. The van der Waals surface area contributed by atoms with Crippen molar-refractivity contribution in [3.63, 3.8) is 0 Å². The fourth-order valence-corrected chi connectivity index (χ4v) is 2.57. The lowest BCUT2D eigenvalue weighted by molar-refractivity contribution is 0.239. The Morgan fingerprint density at radius 1 is 1.38 bits per heavy atom. The van der Waals surface area contributed by atoms with E-state index in [9.17, 15) is 0 Å². The summed E-state index contributed by atoms with van der Waals surface area (Å²) in [6.07, 6.45) is 4.34. The topological polar surface area (TPSA) is 3.24 Å². The van der Waals surface area contributed by atoms with Crippen molar-refractivity contribution in [2.24, 2.45) is 11.8 Å². The van der Waals surface area contributed by atoms with Crippen LogP contribution in [0.15, 0.2) is 0 Å². The summed E-state index contributed by atoms with van der Waals surface area (Å²) in [5.41, 5.74) is 0. The summed E-state index contributed by atoms with van der Waals surface area (Å²) in [6, 6.07) is 0.881. The zero-order valence-electron chi connectivity index (χ0n) is 8.71. The molecule has 1 heterocycles. The van der Waals surface area contributed by atoms with E-state index in [2.05, 4.69) is 30.6 Å². The molecule has 0 aromatic carbocycles. The van der Waals surface area contributed by atoms with Gasteiger partial charge < -0.3 is 0 Å². The number of rotatable bonds is 1. The Labute approximate surface area is 81.5 Å². The van der Waals surface area contributed by atoms with E-state index < -0.39 is 0 Å². The molecule has 0 aromatic rings. The fraction of sp³-hybridized carbons (Fsp3) is 0.833. The maximum Gasteiger partial charge on any atom is 0.0604 e. The Kier molecular flexibility index (Phi) is 2.60. The average molecular weight is 177 g/mol. The molecule has 1 aliphatic heterocycles. The molecule has 2 aliphatic rings. The second-order valence-corrected chi connectivity index (χ2v) is 4.74. The van der Waals surface area contributed by atoms with Crippen molar-refractivity contribution in [1.29, 1.82) is 0 Å². The predicted octanol–water partition coefficient (Wildman–Crippen LogP) is 2.13. The molecule has 1 saturated heterocycles. The van der Waals surface area contributed by atoms with Gasteiger partial charge in [0, 0.05) is 18.5 Å². The highest BCUT2D eigenvalue weighted by Gasteiger charge is 2.36. The van der Waals surface area contributed by atoms with Gasteiger partial charge in [-0.15, -0.1) is 0 Å². The molecule has 0 aromatic heterocycles. The van der Waals surface area contributed by atoms with E-state index in [0.717, 1.165) is 18.5 Å². The van der Waals surface area contributed by atoms with Gasteiger partial charge in [0.1, 0.15) is 0 Å². The summed E-state index contributed by atoms with van der Waals surface area (Å²) >= 11 is 0. The van der Waals surface area contributed by atoms with Gasteiger partial charge >= 0.3 is 0 Å². The molecule has 2 atom stereocenters. The number of hydrogen-bond acceptors (Lipinski definition) is 1. The van der Waals surface area contributed by atoms with Gasteiger partial charge in [-0.1, -0.05) is 25.7 Å². The first kappa shape index (κ1) is 9.09. The summed E-state index contributed by atoms with van der Waals surface area (Å²) in [5, 5.41) is 0. The van der Waals surface area contributed by atoms with Gasteiger partial charge in [-0.3, -0.25) is 4.90 Å². The second kappa shape index (κ2) is 3.72. The number of fused-ring (bicyclic) bond motifs is 2. The molecule has 72 valence electrons. The molecule has 13 heavy (non-hydrogen) atoms. The smallest absolute Gasteiger partial charge is 0.0604 e. The summed E-state index contributed by atoms with van der Waals surface area (Å²) in [7, 11) is 0. The van der Waals surface area contributed by atoms with E-state index in [-0.39, 0.29) is 0 Å². The van der Waals surface area contributed by atoms with Crippen LogP contribution < -0.4 is 0 Å². The van der Waals surface area contributed by atoms with E-state index in [1.54, 1.807) is 0 Å². The highest BCUT2D eigenvalue weighted by atomic mass is 15.2. The molecular weight excluding hydrogens is 158 g/mol. The van der Waals surface area contributed by atoms with Gasteiger partial charge in [0.2, 0.25) is 0 Å². The molecule has 0 spiro atoms. The van der Waals surface area contributed by atoms with Crippen LogP contribution in [0.5, 0.6) is 0 Å². The van der Waals surface area contributed by atoms with Gasteiger partial charge in [-0.2, -0.15) is 0 Å². The third-order valence-corrected chi connectivity index (χ3v) is 3.20.